The highest BCUT2D eigenvalue weighted by Gasteiger charge is 2.30. The van der Waals surface area contributed by atoms with Gasteiger partial charge in [0.05, 0.1) is 6.20 Å². The second kappa shape index (κ2) is 3.92. The van der Waals surface area contributed by atoms with Gasteiger partial charge in [0, 0.05) is 7.05 Å². The van der Waals surface area contributed by atoms with E-state index in [-0.39, 0.29) is 6.10 Å². The Labute approximate surface area is 88.4 Å². The topological polar surface area (TPSA) is 56.1 Å². The molecule has 1 aromatic heterocycles. The lowest BCUT2D eigenvalue weighted by atomic mass is 9.84. The first-order valence-corrected chi connectivity index (χ1v) is 5.11. The van der Waals surface area contributed by atoms with E-state index in [9.17, 15) is 4.79 Å². The lowest BCUT2D eigenvalue weighted by Gasteiger charge is -2.33. The van der Waals surface area contributed by atoms with Gasteiger partial charge < -0.3 is 10.1 Å². The van der Waals surface area contributed by atoms with E-state index in [0.29, 0.717) is 23.9 Å². The maximum atomic E-state index is 10.4. The summed E-state index contributed by atoms with van der Waals surface area (Å²) in [5.74, 6) is 1.09. The fourth-order valence-electron chi connectivity index (χ4n) is 1.67. The highest BCUT2D eigenvalue weighted by atomic mass is 16.5. The molecule has 0 saturated heterocycles. The summed E-state index contributed by atoms with van der Waals surface area (Å²) in [6.45, 7) is 2.16. The number of aromatic nitrogens is 2. The maximum absolute atomic E-state index is 10.4. The molecule has 1 saturated carbocycles. The van der Waals surface area contributed by atoms with E-state index in [2.05, 4.69) is 17.3 Å². The zero-order chi connectivity index (χ0) is 10.8. The molecule has 1 heterocycles. The summed E-state index contributed by atoms with van der Waals surface area (Å²) in [6.07, 6.45) is 4.87. The predicted molar refractivity (Wildman–Crippen MR) is 55.7 cm³/mol. The van der Waals surface area contributed by atoms with E-state index >= 15 is 0 Å². The smallest absolute Gasteiger partial charge is 0.257 e. The summed E-state index contributed by atoms with van der Waals surface area (Å²) in [4.78, 5) is 10.4. The summed E-state index contributed by atoms with van der Waals surface area (Å²) in [7, 11) is 1.80. The van der Waals surface area contributed by atoms with Crippen molar-refractivity contribution >= 4 is 12.1 Å². The molecular weight excluding hydrogens is 194 g/mol. The average molecular weight is 209 g/mol. The molecule has 2 unspecified atom stereocenters. The Morgan fingerprint density at radius 2 is 2.47 bits per heavy atom. The number of ether oxygens (including phenoxy) is 1. The summed E-state index contributed by atoms with van der Waals surface area (Å²) < 4.78 is 7.34. The number of carbonyl (C=O) groups is 1. The summed E-state index contributed by atoms with van der Waals surface area (Å²) in [5, 5.41) is 6.74. The molecule has 15 heavy (non-hydrogen) atoms. The highest BCUT2D eigenvalue weighted by molar-refractivity contribution is 5.73. The molecule has 1 fully saturated rings. The van der Waals surface area contributed by atoms with Crippen molar-refractivity contribution in [3.05, 3.63) is 6.20 Å². The fourth-order valence-corrected chi connectivity index (χ4v) is 1.67. The number of nitrogens with one attached hydrogen (secondary N) is 1. The first-order valence-electron chi connectivity index (χ1n) is 5.11. The van der Waals surface area contributed by atoms with E-state index in [0.717, 1.165) is 6.42 Å². The number of rotatable bonds is 4. The van der Waals surface area contributed by atoms with E-state index < -0.39 is 0 Å². The lowest BCUT2D eigenvalue weighted by molar-refractivity contribution is -0.105. The Hall–Kier alpha value is -1.52. The van der Waals surface area contributed by atoms with Gasteiger partial charge in [-0.05, 0) is 18.8 Å². The van der Waals surface area contributed by atoms with Gasteiger partial charge >= 0.3 is 0 Å². The molecular formula is C10H15N3O2. The third-order valence-corrected chi connectivity index (χ3v) is 2.81. The van der Waals surface area contributed by atoms with Gasteiger partial charge in [-0.3, -0.25) is 9.48 Å². The van der Waals surface area contributed by atoms with Crippen molar-refractivity contribution in [3.63, 3.8) is 0 Å². The minimum absolute atomic E-state index is 0.243. The van der Waals surface area contributed by atoms with Crippen LogP contribution in [0.2, 0.25) is 0 Å². The van der Waals surface area contributed by atoms with Crippen molar-refractivity contribution < 1.29 is 9.53 Å². The van der Waals surface area contributed by atoms with Crippen LogP contribution < -0.4 is 10.1 Å². The molecule has 0 radical (unpaired) electrons. The molecule has 1 N–H and O–H groups in total. The summed E-state index contributed by atoms with van der Waals surface area (Å²) in [6, 6.07) is 0. The number of anilines is 1. The zero-order valence-electron chi connectivity index (χ0n) is 8.93. The van der Waals surface area contributed by atoms with Crippen LogP contribution in [0.15, 0.2) is 6.20 Å². The summed E-state index contributed by atoms with van der Waals surface area (Å²) >= 11 is 0. The molecule has 1 aliphatic rings. The second-order valence-corrected chi connectivity index (χ2v) is 3.99. The van der Waals surface area contributed by atoms with Crippen LogP contribution >= 0.6 is 0 Å². The Balaban J connectivity index is 2.08. The number of carbonyl (C=O) groups excluding carboxylic acids is 1. The Morgan fingerprint density at radius 3 is 3.00 bits per heavy atom. The van der Waals surface area contributed by atoms with Gasteiger partial charge in [0.2, 0.25) is 6.41 Å². The number of aryl methyl sites for hydroxylation is 1. The molecule has 1 amide bonds. The van der Waals surface area contributed by atoms with Crippen molar-refractivity contribution in [2.24, 2.45) is 13.0 Å². The van der Waals surface area contributed by atoms with Gasteiger partial charge in [-0.25, -0.2) is 0 Å². The molecule has 2 atom stereocenters. The number of hydrogen-bond donors (Lipinski definition) is 1. The first-order chi connectivity index (χ1) is 7.20. The van der Waals surface area contributed by atoms with Crippen LogP contribution in [0.3, 0.4) is 0 Å². The van der Waals surface area contributed by atoms with E-state index in [1.165, 1.54) is 6.42 Å². The van der Waals surface area contributed by atoms with Crippen LogP contribution in [0.4, 0.5) is 5.69 Å². The molecule has 1 aliphatic carbocycles. The lowest BCUT2D eigenvalue weighted by Crippen LogP contribution is -2.34. The van der Waals surface area contributed by atoms with Crippen LogP contribution in [0.5, 0.6) is 5.88 Å². The SMILES string of the molecule is CC1CCC1Oc1nn(C)cc1NC=O. The molecule has 5 nitrogen and oxygen atoms in total. The Morgan fingerprint density at radius 1 is 1.67 bits per heavy atom. The monoisotopic (exact) mass is 209 g/mol. The van der Waals surface area contributed by atoms with Crippen LogP contribution in [0.25, 0.3) is 0 Å². The average Bonchev–Trinajstić information content (AvgIpc) is 2.54. The molecule has 1 aromatic rings. The van der Waals surface area contributed by atoms with Gasteiger partial charge in [0.15, 0.2) is 0 Å². The molecule has 0 bridgehead atoms. The van der Waals surface area contributed by atoms with E-state index in [1.54, 1.807) is 17.9 Å². The van der Waals surface area contributed by atoms with Gasteiger partial charge in [-0.1, -0.05) is 6.92 Å². The number of hydrogen-bond acceptors (Lipinski definition) is 3. The van der Waals surface area contributed by atoms with Crippen LogP contribution in [-0.4, -0.2) is 22.3 Å². The molecule has 0 spiro atoms. The fraction of sp³-hybridized carbons (Fsp3) is 0.600. The van der Waals surface area contributed by atoms with E-state index in [4.69, 9.17) is 4.74 Å². The van der Waals surface area contributed by atoms with Gasteiger partial charge in [0.1, 0.15) is 11.8 Å². The Kier molecular flexibility index (Phi) is 2.62. The van der Waals surface area contributed by atoms with Crippen molar-refractivity contribution in [3.8, 4) is 5.88 Å². The molecule has 5 heteroatoms. The van der Waals surface area contributed by atoms with Gasteiger partial charge in [-0.15, -0.1) is 5.10 Å². The normalized spacial score (nSPS) is 24.4. The number of amides is 1. The third kappa shape index (κ3) is 1.95. The quantitative estimate of drug-likeness (QED) is 0.757. The van der Waals surface area contributed by atoms with E-state index in [1.807, 2.05) is 0 Å². The van der Waals surface area contributed by atoms with Gasteiger partial charge in [-0.2, -0.15) is 0 Å². The molecule has 82 valence electrons. The zero-order valence-corrected chi connectivity index (χ0v) is 8.93. The molecule has 0 aromatic carbocycles. The highest BCUT2D eigenvalue weighted by Crippen LogP contribution is 2.33. The van der Waals surface area contributed by atoms with Crippen molar-refractivity contribution in [2.75, 3.05) is 5.32 Å². The van der Waals surface area contributed by atoms with Gasteiger partial charge in [0.25, 0.3) is 5.88 Å². The maximum Gasteiger partial charge on any atom is 0.257 e. The van der Waals surface area contributed by atoms with Crippen LogP contribution in [-0.2, 0) is 11.8 Å². The van der Waals surface area contributed by atoms with Crippen molar-refractivity contribution in [1.29, 1.82) is 0 Å². The van der Waals surface area contributed by atoms with Crippen LogP contribution in [0.1, 0.15) is 19.8 Å². The third-order valence-electron chi connectivity index (χ3n) is 2.81. The standard InChI is InChI=1S/C10H15N3O2/c1-7-3-4-9(7)15-10-8(11-6-14)5-13(2)12-10/h5-7,9H,3-4H2,1-2H3,(H,11,14). The predicted octanol–water partition coefficient (Wildman–Crippen LogP) is 1.17. The molecule has 0 aliphatic heterocycles. The second-order valence-electron chi connectivity index (χ2n) is 3.99. The molecule has 2 rings (SSSR count). The Bertz CT molecular complexity index is 362. The largest absolute Gasteiger partial charge is 0.472 e. The van der Waals surface area contributed by atoms with Crippen molar-refractivity contribution in [2.45, 2.75) is 25.9 Å². The van der Waals surface area contributed by atoms with Crippen molar-refractivity contribution in [1.82, 2.24) is 9.78 Å². The minimum Gasteiger partial charge on any atom is -0.472 e. The minimum atomic E-state index is 0.243. The number of nitrogens with zero attached hydrogens (tertiary/aromatic N) is 2. The van der Waals surface area contributed by atoms with Crippen LogP contribution in [0, 0.1) is 5.92 Å². The summed E-state index contributed by atoms with van der Waals surface area (Å²) in [5.41, 5.74) is 0.631. The first kappa shape index (κ1) is 10.0.